The molecule has 0 aromatic carbocycles. The number of amides is 1. The first-order valence-corrected chi connectivity index (χ1v) is 7.54. The number of fused-ring (bicyclic) bond motifs is 1. The summed E-state index contributed by atoms with van der Waals surface area (Å²) < 4.78 is 0. The summed E-state index contributed by atoms with van der Waals surface area (Å²) in [4.78, 5) is 16.9. The summed E-state index contributed by atoms with van der Waals surface area (Å²) in [7, 11) is 2.18. The molecule has 2 fully saturated rings. The van der Waals surface area contributed by atoms with Crippen LogP contribution in [-0.2, 0) is 4.79 Å². The van der Waals surface area contributed by atoms with E-state index in [1.165, 1.54) is 12.8 Å². The molecule has 3 unspecified atom stereocenters. The summed E-state index contributed by atoms with van der Waals surface area (Å²) in [6, 6.07) is 0.608. The van der Waals surface area contributed by atoms with E-state index in [0.29, 0.717) is 18.4 Å². The monoisotopic (exact) mass is 282 g/mol. The molecule has 114 valence electrons. The summed E-state index contributed by atoms with van der Waals surface area (Å²) in [6.07, 6.45) is 4.00. The van der Waals surface area contributed by atoms with Gasteiger partial charge in [-0.15, -0.1) is 0 Å². The standard InChI is InChI=1S/C14H26N4O2/c1-3-11(13(15)16-20)14(19)18-8-6-12-10(9-18)5-4-7-17(12)2/h10-12,20H,3-9H2,1-2H3,(H2,15,16). The van der Waals surface area contributed by atoms with E-state index in [-0.39, 0.29) is 11.7 Å². The molecule has 3 N–H and O–H groups in total. The lowest BCUT2D eigenvalue weighted by atomic mass is 9.83. The molecule has 6 nitrogen and oxygen atoms in total. The van der Waals surface area contributed by atoms with Gasteiger partial charge in [-0.05, 0) is 45.2 Å². The summed E-state index contributed by atoms with van der Waals surface area (Å²) in [5.41, 5.74) is 5.63. The van der Waals surface area contributed by atoms with E-state index >= 15 is 0 Å². The van der Waals surface area contributed by atoms with Crippen molar-refractivity contribution in [2.45, 2.75) is 38.6 Å². The molecule has 2 saturated heterocycles. The minimum Gasteiger partial charge on any atom is -0.409 e. The van der Waals surface area contributed by atoms with Gasteiger partial charge in [-0.3, -0.25) is 4.79 Å². The van der Waals surface area contributed by atoms with Gasteiger partial charge in [0.2, 0.25) is 5.91 Å². The van der Waals surface area contributed by atoms with Gasteiger partial charge < -0.3 is 20.7 Å². The molecule has 0 saturated carbocycles. The Kier molecular flexibility index (Phi) is 4.86. The van der Waals surface area contributed by atoms with Crippen LogP contribution in [0.5, 0.6) is 0 Å². The van der Waals surface area contributed by atoms with Crippen LogP contribution in [0.1, 0.15) is 32.6 Å². The minimum absolute atomic E-state index is 0.00877. The number of oxime groups is 1. The molecule has 3 atom stereocenters. The largest absolute Gasteiger partial charge is 0.409 e. The van der Waals surface area contributed by atoms with Crippen LogP contribution in [0.3, 0.4) is 0 Å². The fourth-order valence-electron chi connectivity index (χ4n) is 3.65. The lowest BCUT2D eigenvalue weighted by Crippen LogP contribution is -2.55. The predicted molar refractivity (Wildman–Crippen MR) is 77.5 cm³/mol. The van der Waals surface area contributed by atoms with Gasteiger partial charge in [0.25, 0.3) is 0 Å². The van der Waals surface area contributed by atoms with Gasteiger partial charge in [0.05, 0.1) is 5.92 Å². The van der Waals surface area contributed by atoms with Crippen molar-refractivity contribution in [3.63, 3.8) is 0 Å². The second-order valence-electron chi connectivity index (χ2n) is 6.01. The Labute approximate surface area is 120 Å². The highest BCUT2D eigenvalue weighted by Gasteiger charge is 2.37. The van der Waals surface area contributed by atoms with Gasteiger partial charge in [-0.25, -0.2) is 0 Å². The molecule has 2 aliphatic heterocycles. The highest BCUT2D eigenvalue weighted by atomic mass is 16.4. The molecule has 0 aromatic heterocycles. The fraction of sp³-hybridized carbons (Fsp3) is 0.857. The number of hydrogen-bond acceptors (Lipinski definition) is 4. The van der Waals surface area contributed by atoms with Crippen LogP contribution >= 0.6 is 0 Å². The second kappa shape index (κ2) is 6.43. The van der Waals surface area contributed by atoms with Gasteiger partial charge in [0, 0.05) is 19.1 Å². The summed E-state index contributed by atoms with van der Waals surface area (Å²) in [5.74, 6) is 0.115. The molecule has 0 spiro atoms. The quantitative estimate of drug-likeness (QED) is 0.345. The van der Waals surface area contributed by atoms with Crippen molar-refractivity contribution >= 4 is 11.7 Å². The zero-order valence-electron chi connectivity index (χ0n) is 12.5. The van der Waals surface area contributed by atoms with Crippen molar-refractivity contribution < 1.29 is 10.0 Å². The maximum atomic E-state index is 12.5. The Morgan fingerprint density at radius 3 is 2.85 bits per heavy atom. The smallest absolute Gasteiger partial charge is 0.233 e. The van der Waals surface area contributed by atoms with Crippen molar-refractivity contribution in [2.24, 2.45) is 22.7 Å². The van der Waals surface area contributed by atoms with E-state index in [4.69, 9.17) is 10.9 Å². The number of likely N-dealkylation sites (tertiary alicyclic amines) is 2. The van der Waals surface area contributed by atoms with E-state index in [2.05, 4.69) is 17.1 Å². The van der Waals surface area contributed by atoms with Crippen molar-refractivity contribution in [3.05, 3.63) is 0 Å². The number of nitrogens with zero attached hydrogens (tertiary/aromatic N) is 3. The molecule has 0 bridgehead atoms. The van der Waals surface area contributed by atoms with Gasteiger partial charge in [-0.1, -0.05) is 12.1 Å². The van der Waals surface area contributed by atoms with Gasteiger partial charge in [0.1, 0.15) is 0 Å². The van der Waals surface area contributed by atoms with Crippen molar-refractivity contribution in [1.29, 1.82) is 0 Å². The van der Waals surface area contributed by atoms with Crippen LogP contribution in [-0.4, -0.2) is 59.5 Å². The number of carbonyl (C=O) groups is 1. The summed E-state index contributed by atoms with van der Waals surface area (Å²) in [5, 5.41) is 11.8. The zero-order chi connectivity index (χ0) is 14.7. The molecule has 6 heteroatoms. The summed E-state index contributed by atoms with van der Waals surface area (Å²) in [6.45, 7) is 4.64. The van der Waals surface area contributed by atoms with Gasteiger partial charge in [-0.2, -0.15) is 0 Å². The Morgan fingerprint density at radius 1 is 1.45 bits per heavy atom. The van der Waals surface area contributed by atoms with Crippen molar-refractivity contribution in [3.8, 4) is 0 Å². The van der Waals surface area contributed by atoms with E-state index in [9.17, 15) is 4.79 Å². The minimum atomic E-state index is -0.488. The van der Waals surface area contributed by atoms with E-state index in [1.54, 1.807) is 0 Å². The SMILES string of the molecule is CCC(C(=O)N1CCC2C(CCCN2C)C1)C(N)=NO. The number of amidine groups is 1. The molecule has 0 aromatic rings. The Bertz CT molecular complexity index is 385. The molecule has 2 rings (SSSR count). The second-order valence-corrected chi connectivity index (χ2v) is 6.01. The molecule has 2 aliphatic rings. The molecule has 2 heterocycles. The average Bonchev–Trinajstić information content (AvgIpc) is 2.47. The van der Waals surface area contributed by atoms with Crippen LogP contribution < -0.4 is 5.73 Å². The highest BCUT2D eigenvalue weighted by Crippen LogP contribution is 2.30. The van der Waals surface area contributed by atoms with Crippen LogP contribution in [0.2, 0.25) is 0 Å². The van der Waals surface area contributed by atoms with E-state index < -0.39 is 5.92 Å². The lowest BCUT2D eigenvalue weighted by Gasteiger charge is -2.46. The molecular weight excluding hydrogens is 256 g/mol. The number of nitrogens with two attached hydrogens (primary N) is 1. The molecular formula is C14H26N4O2. The lowest BCUT2D eigenvalue weighted by molar-refractivity contribution is -0.137. The number of carbonyl (C=O) groups excluding carboxylic acids is 1. The van der Waals surface area contributed by atoms with Gasteiger partial charge >= 0.3 is 0 Å². The van der Waals surface area contributed by atoms with E-state index in [1.807, 2.05) is 11.8 Å². The first-order valence-electron chi connectivity index (χ1n) is 7.54. The molecule has 1 amide bonds. The Hall–Kier alpha value is -1.30. The van der Waals surface area contributed by atoms with Crippen molar-refractivity contribution in [1.82, 2.24) is 9.80 Å². The number of piperidine rings is 2. The number of rotatable bonds is 3. The maximum absolute atomic E-state index is 12.5. The normalized spacial score (nSPS) is 29.9. The predicted octanol–water partition coefficient (Wildman–Crippen LogP) is 0.702. The number of hydrogen-bond donors (Lipinski definition) is 2. The van der Waals surface area contributed by atoms with Crippen molar-refractivity contribution in [2.75, 3.05) is 26.7 Å². The zero-order valence-corrected chi connectivity index (χ0v) is 12.5. The van der Waals surface area contributed by atoms with Gasteiger partial charge in [0.15, 0.2) is 5.84 Å². The van der Waals surface area contributed by atoms with Crippen LogP contribution in [0.4, 0.5) is 0 Å². The first kappa shape index (κ1) is 15.1. The van der Waals surface area contributed by atoms with Crippen LogP contribution in [0.15, 0.2) is 5.16 Å². The van der Waals surface area contributed by atoms with Crippen LogP contribution in [0.25, 0.3) is 0 Å². The Balaban J connectivity index is 2.02. The average molecular weight is 282 g/mol. The molecule has 20 heavy (non-hydrogen) atoms. The third-order valence-corrected chi connectivity index (χ3v) is 4.84. The molecule has 0 aliphatic carbocycles. The highest BCUT2D eigenvalue weighted by molar-refractivity contribution is 6.02. The molecule has 0 radical (unpaired) electrons. The van der Waals surface area contributed by atoms with Crippen LogP contribution in [0, 0.1) is 11.8 Å². The van der Waals surface area contributed by atoms with E-state index in [0.717, 1.165) is 26.1 Å². The first-order chi connectivity index (χ1) is 9.58. The maximum Gasteiger partial charge on any atom is 0.233 e. The topological polar surface area (TPSA) is 82.2 Å². The third kappa shape index (κ3) is 2.90. The fourth-order valence-corrected chi connectivity index (χ4v) is 3.65. The summed E-state index contributed by atoms with van der Waals surface area (Å²) >= 11 is 0. The Morgan fingerprint density at radius 2 is 2.20 bits per heavy atom. The third-order valence-electron chi connectivity index (χ3n) is 4.84.